The number of nitrogens with one attached hydrogen (secondary N) is 1. The molecule has 0 aromatic heterocycles. The number of amides is 1. The van der Waals surface area contributed by atoms with E-state index >= 15 is 0 Å². The van der Waals surface area contributed by atoms with Gasteiger partial charge in [-0.1, -0.05) is 36.4 Å². The van der Waals surface area contributed by atoms with Crippen LogP contribution in [0.4, 0.5) is 4.39 Å². The van der Waals surface area contributed by atoms with Gasteiger partial charge in [0.15, 0.2) is 0 Å². The molecule has 3 rings (SSSR count). The first-order chi connectivity index (χ1) is 12.2. The van der Waals surface area contributed by atoms with Gasteiger partial charge in [0.1, 0.15) is 5.82 Å². The molecule has 1 heterocycles. The highest BCUT2D eigenvalue weighted by atomic mass is 19.1. The second-order valence-corrected chi connectivity index (χ2v) is 6.19. The highest BCUT2D eigenvalue weighted by molar-refractivity contribution is 5.94. The van der Waals surface area contributed by atoms with Crippen molar-refractivity contribution < 1.29 is 13.9 Å². The molecule has 1 fully saturated rings. The first-order valence-corrected chi connectivity index (χ1v) is 8.65. The van der Waals surface area contributed by atoms with Crippen molar-refractivity contribution in [3.05, 3.63) is 71.5 Å². The smallest absolute Gasteiger partial charge is 0.251 e. The summed E-state index contributed by atoms with van der Waals surface area (Å²) in [5.74, 6) is -0.628. The minimum Gasteiger partial charge on any atom is -0.371 e. The van der Waals surface area contributed by atoms with E-state index in [0.717, 1.165) is 32.7 Å². The third-order valence-corrected chi connectivity index (χ3v) is 4.35. The number of carbonyl (C=O) groups excluding carboxylic acids is 1. The Kier molecular flexibility index (Phi) is 6.14. The normalized spacial score (nSPS) is 18.0. The van der Waals surface area contributed by atoms with Crippen molar-refractivity contribution in [1.82, 2.24) is 10.2 Å². The van der Waals surface area contributed by atoms with Crippen LogP contribution in [0.3, 0.4) is 0 Å². The first kappa shape index (κ1) is 17.6. The molecular formula is C20H23FN2O2. The second kappa shape index (κ2) is 8.74. The summed E-state index contributed by atoms with van der Waals surface area (Å²) in [5.41, 5.74) is 1.56. The molecule has 0 saturated carbocycles. The van der Waals surface area contributed by atoms with Crippen molar-refractivity contribution in [3.8, 4) is 0 Å². The fraction of sp³-hybridized carbons (Fsp3) is 0.350. The van der Waals surface area contributed by atoms with Crippen LogP contribution in [-0.2, 0) is 4.74 Å². The van der Waals surface area contributed by atoms with Gasteiger partial charge in [0.2, 0.25) is 0 Å². The van der Waals surface area contributed by atoms with Crippen LogP contribution < -0.4 is 5.32 Å². The molecule has 0 aliphatic carbocycles. The van der Waals surface area contributed by atoms with E-state index in [2.05, 4.69) is 22.3 Å². The Morgan fingerprint density at radius 3 is 2.84 bits per heavy atom. The number of morpholine rings is 1. The van der Waals surface area contributed by atoms with Crippen molar-refractivity contribution in [3.63, 3.8) is 0 Å². The second-order valence-electron chi connectivity index (χ2n) is 6.19. The van der Waals surface area contributed by atoms with E-state index in [4.69, 9.17) is 4.74 Å². The molecule has 1 atom stereocenters. The summed E-state index contributed by atoms with van der Waals surface area (Å²) < 4.78 is 19.0. The number of carbonyl (C=O) groups is 1. The molecule has 5 heteroatoms. The van der Waals surface area contributed by atoms with Gasteiger partial charge in [-0.05, 0) is 30.2 Å². The van der Waals surface area contributed by atoms with E-state index in [1.54, 1.807) is 12.1 Å². The fourth-order valence-corrected chi connectivity index (χ4v) is 3.01. The maximum absolute atomic E-state index is 13.1. The Labute approximate surface area is 147 Å². The van der Waals surface area contributed by atoms with Crippen LogP contribution in [0.2, 0.25) is 0 Å². The van der Waals surface area contributed by atoms with E-state index in [-0.39, 0.29) is 12.0 Å². The predicted molar refractivity (Wildman–Crippen MR) is 94.9 cm³/mol. The summed E-state index contributed by atoms with van der Waals surface area (Å²) in [6.07, 6.45) is 0.958. The molecule has 1 amide bonds. The fourth-order valence-electron chi connectivity index (χ4n) is 3.01. The molecule has 1 saturated heterocycles. The average molecular weight is 342 g/mol. The molecule has 0 radical (unpaired) electrons. The summed E-state index contributed by atoms with van der Waals surface area (Å²) >= 11 is 0. The van der Waals surface area contributed by atoms with E-state index < -0.39 is 5.82 Å². The van der Waals surface area contributed by atoms with Gasteiger partial charge >= 0.3 is 0 Å². The molecule has 1 N–H and O–H groups in total. The molecule has 4 nitrogen and oxygen atoms in total. The molecular weight excluding hydrogens is 319 g/mol. The molecule has 2 aromatic carbocycles. The van der Waals surface area contributed by atoms with Crippen LogP contribution in [0.5, 0.6) is 0 Å². The lowest BCUT2D eigenvalue weighted by Gasteiger charge is -2.33. The standard InChI is InChI=1S/C20H23FN2O2/c21-18-9-4-8-17(14-18)20(24)22-10-5-11-23-12-13-25-19(15-23)16-6-2-1-3-7-16/h1-4,6-9,14,19H,5,10-13,15H2,(H,22,24). The number of benzene rings is 2. The molecule has 25 heavy (non-hydrogen) atoms. The summed E-state index contributed by atoms with van der Waals surface area (Å²) in [6, 6.07) is 16.0. The van der Waals surface area contributed by atoms with Crippen molar-refractivity contribution in [2.24, 2.45) is 0 Å². The Hall–Kier alpha value is -2.24. The van der Waals surface area contributed by atoms with E-state index in [9.17, 15) is 9.18 Å². The lowest BCUT2D eigenvalue weighted by atomic mass is 10.1. The Bertz CT molecular complexity index is 693. The maximum Gasteiger partial charge on any atom is 0.251 e. The van der Waals surface area contributed by atoms with Crippen LogP contribution in [0.15, 0.2) is 54.6 Å². The minimum atomic E-state index is -0.395. The minimum absolute atomic E-state index is 0.108. The molecule has 1 unspecified atom stereocenters. The van der Waals surface area contributed by atoms with Gasteiger partial charge in [0.05, 0.1) is 12.7 Å². The SMILES string of the molecule is O=C(NCCCN1CCOC(c2ccccc2)C1)c1cccc(F)c1. The zero-order valence-corrected chi connectivity index (χ0v) is 14.2. The average Bonchev–Trinajstić information content (AvgIpc) is 2.66. The number of hydrogen-bond acceptors (Lipinski definition) is 3. The van der Waals surface area contributed by atoms with E-state index in [1.807, 2.05) is 18.2 Å². The summed E-state index contributed by atoms with van der Waals surface area (Å²) in [5, 5.41) is 2.85. The van der Waals surface area contributed by atoms with Gasteiger partial charge in [0, 0.05) is 31.7 Å². The highest BCUT2D eigenvalue weighted by Gasteiger charge is 2.21. The first-order valence-electron chi connectivity index (χ1n) is 8.65. The maximum atomic E-state index is 13.1. The van der Waals surface area contributed by atoms with Crippen molar-refractivity contribution in [2.45, 2.75) is 12.5 Å². The summed E-state index contributed by atoms with van der Waals surface area (Å²) in [7, 11) is 0. The van der Waals surface area contributed by atoms with Crippen LogP contribution in [0, 0.1) is 5.82 Å². The van der Waals surface area contributed by atoms with Gasteiger partial charge in [-0.2, -0.15) is 0 Å². The van der Waals surface area contributed by atoms with Gasteiger partial charge < -0.3 is 10.1 Å². The number of nitrogens with zero attached hydrogens (tertiary/aromatic N) is 1. The summed E-state index contributed by atoms with van der Waals surface area (Å²) in [6.45, 7) is 3.96. The topological polar surface area (TPSA) is 41.6 Å². The lowest BCUT2D eigenvalue weighted by Crippen LogP contribution is -2.39. The van der Waals surface area contributed by atoms with Gasteiger partial charge in [-0.25, -0.2) is 4.39 Å². The van der Waals surface area contributed by atoms with Crippen molar-refractivity contribution in [1.29, 1.82) is 0 Å². The van der Waals surface area contributed by atoms with Gasteiger partial charge in [-0.15, -0.1) is 0 Å². The predicted octanol–water partition coefficient (Wildman–Crippen LogP) is 3.02. The third kappa shape index (κ3) is 5.11. The molecule has 132 valence electrons. The summed E-state index contributed by atoms with van der Waals surface area (Å²) in [4.78, 5) is 14.3. The zero-order valence-electron chi connectivity index (χ0n) is 14.2. The van der Waals surface area contributed by atoms with E-state index in [0.29, 0.717) is 12.1 Å². The van der Waals surface area contributed by atoms with Crippen LogP contribution in [0.25, 0.3) is 0 Å². The zero-order chi connectivity index (χ0) is 17.5. The number of halogens is 1. The van der Waals surface area contributed by atoms with E-state index in [1.165, 1.54) is 17.7 Å². The largest absolute Gasteiger partial charge is 0.371 e. The quantitative estimate of drug-likeness (QED) is 0.821. The van der Waals surface area contributed by atoms with Gasteiger partial charge in [0.25, 0.3) is 5.91 Å². The Morgan fingerprint density at radius 2 is 2.04 bits per heavy atom. The molecule has 1 aliphatic heterocycles. The van der Waals surface area contributed by atoms with Crippen LogP contribution in [0.1, 0.15) is 28.4 Å². The third-order valence-electron chi connectivity index (χ3n) is 4.35. The van der Waals surface area contributed by atoms with Crippen LogP contribution >= 0.6 is 0 Å². The highest BCUT2D eigenvalue weighted by Crippen LogP contribution is 2.21. The van der Waals surface area contributed by atoms with Crippen LogP contribution in [-0.4, -0.2) is 43.6 Å². The molecule has 1 aliphatic rings. The molecule has 0 bridgehead atoms. The monoisotopic (exact) mass is 342 g/mol. The molecule has 0 spiro atoms. The van der Waals surface area contributed by atoms with Crippen molar-refractivity contribution >= 4 is 5.91 Å². The number of rotatable bonds is 6. The number of ether oxygens (including phenoxy) is 1. The Balaban J connectivity index is 1.41. The van der Waals surface area contributed by atoms with Crippen molar-refractivity contribution in [2.75, 3.05) is 32.8 Å². The number of hydrogen-bond donors (Lipinski definition) is 1. The Morgan fingerprint density at radius 1 is 1.20 bits per heavy atom. The molecule has 2 aromatic rings. The lowest BCUT2D eigenvalue weighted by molar-refractivity contribution is -0.0301. The van der Waals surface area contributed by atoms with Gasteiger partial charge in [-0.3, -0.25) is 9.69 Å².